The molecule has 4 N–H and O–H groups in total. The number of carbonyl (C=O) groups is 1. The van der Waals surface area contributed by atoms with Crippen LogP contribution < -0.4 is 16.4 Å². The first-order valence-corrected chi connectivity index (χ1v) is 7.94. The van der Waals surface area contributed by atoms with Gasteiger partial charge in [-0.25, -0.2) is 0 Å². The number of hydrogen-bond donors (Lipinski definition) is 3. The molecule has 1 saturated heterocycles. The molecule has 2 heterocycles. The Balaban J connectivity index is 1.98. The molecule has 0 spiro atoms. The number of aromatic nitrogens is 2. The van der Waals surface area contributed by atoms with Gasteiger partial charge in [0, 0.05) is 11.9 Å². The summed E-state index contributed by atoms with van der Waals surface area (Å²) in [6.07, 6.45) is 3.58. The summed E-state index contributed by atoms with van der Waals surface area (Å²) in [5.74, 6) is -0.120. The minimum Gasteiger partial charge on any atom is -0.365 e. The number of carbonyl (C=O) groups excluding carboxylic acids is 1. The molecule has 7 nitrogen and oxygen atoms in total. The van der Waals surface area contributed by atoms with Crippen molar-refractivity contribution in [3.63, 3.8) is 0 Å². The Kier molecular flexibility index (Phi) is 4.49. The van der Waals surface area contributed by atoms with E-state index in [0.29, 0.717) is 17.8 Å². The van der Waals surface area contributed by atoms with E-state index < -0.39 is 11.4 Å². The van der Waals surface area contributed by atoms with Crippen LogP contribution in [0.1, 0.15) is 29.6 Å². The number of benzene rings is 1. The Morgan fingerprint density at radius 1 is 1.38 bits per heavy atom. The van der Waals surface area contributed by atoms with E-state index in [1.165, 1.54) is 0 Å². The van der Waals surface area contributed by atoms with Crippen molar-refractivity contribution in [2.75, 3.05) is 18.4 Å². The van der Waals surface area contributed by atoms with Gasteiger partial charge in [-0.05, 0) is 38.1 Å². The first kappa shape index (κ1) is 16.0. The van der Waals surface area contributed by atoms with Gasteiger partial charge in [0.05, 0.1) is 18.0 Å². The highest BCUT2D eigenvalue weighted by atomic mass is 16.1. The van der Waals surface area contributed by atoms with Crippen LogP contribution in [-0.2, 0) is 5.54 Å². The first-order valence-electron chi connectivity index (χ1n) is 7.94. The van der Waals surface area contributed by atoms with Gasteiger partial charge in [0.2, 0.25) is 0 Å². The number of anilines is 2. The van der Waals surface area contributed by atoms with Crippen LogP contribution in [0.3, 0.4) is 0 Å². The fourth-order valence-electron chi connectivity index (χ4n) is 3.07. The molecule has 0 atom stereocenters. The zero-order valence-electron chi connectivity index (χ0n) is 13.3. The van der Waals surface area contributed by atoms with Gasteiger partial charge >= 0.3 is 0 Å². The van der Waals surface area contributed by atoms with E-state index in [2.05, 4.69) is 21.8 Å². The number of nitrogens with one attached hydrogen (secondary N) is 2. The lowest BCUT2D eigenvalue weighted by Gasteiger charge is -2.36. The van der Waals surface area contributed by atoms with Gasteiger partial charge in [-0.15, -0.1) is 0 Å². The van der Waals surface area contributed by atoms with Crippen molar-refractivity contribution in [1.29, 1.82) is 5.26 Å². The lowest BCUT2D eigenvalue weighted by Crippen LogP contribution is -2.44. The largest absolute Gasteiger partial charge is 0.365 e. The maximum absolute atomic E-state index is 11.8. The van der Waals surface area contributed by atoms with Gasteiger partial charge < -0.3 is 16.4 Å². The molecule has 124 valence electrons. The molecule has 1 amide bonds. The van der Waals surface area contributed by atoms with E-state index >= 15 is 0 Å². The summed E-state index contributed by atoms with van der Waals surface area (Å²) in [7, 11) is 0. The average Bonchev–Trinajstić information content (AvgIpc) is 3.02. The van der Waals surface area contributed by atoms with Crippen LogP contribution in [0.2, 0.25) is 0 Å². The molecule has 1 aliphatic heterocycles. The molecule has 3 rings (SSSR count). The number of primary amides is 1. The predicted octanol–water partition coefficient (Wildman–Crippen LogP) is 1.72. The van der Waals surface area contributed by atoms with Crippen molar-refractivity contribution in [2.45, 2.75) is 24.8 Å². The Morgan fingerprint density at radius 3 is 2.71 bits per heavy atom. The zero-order chi connectivity index (χ0) is 17.0. The van der Waals surface area contributed by atoms with E-state index in [1.807, 2.05) is 30.3 Å². The summed E-state index contributed by atoms with van der Waals surface area (Å²) in [5, 5.41) is 20.2. The second-order valence-corrected chi connectivity index (χ2v) is 6.00. The van der Waals surface area contributed by atoms with Crippen LogP contribution in [0, 0.1) is 11.3 Å². The molecule has 1 aliphatic rings. The summed E-state index contributed by atoms with van der Waals surface area (Å²) in [6, 6.07) is 11.7. The molecule has 1 fully saturated rings. The summed E-state index contributed by atoms with van der Waals surface area (Å²) in [4.78, 5) is 11.8. The van der Waals surface area contributed by atoms with E-state index in [9.17, 15) is 10.1 Å². The third-order valence-corrected chi connectivity index (χ3v) is 4.44. The molecule has 1 aromatic heterocycles. The smallest absolute Gasteiger partial charge is 0.254 e. The second-order valence-electron chi connectivity index (χ2n) is 6.00. The average molecular weight is 324 g/mol. The maximum atomic E-state index is 11.8. The Labute approximate surface area is 140 Å². The van der Waals surface area contributed by atoms with Crippen molar-refractivity contribution in [2.24, 2.45) is 5.73 Å². The summed E-state index contributed by atoms with van der Waals surface area (Å²) < 4.78 is 1.75. The monoisotopic (exact) mass is 324 g/mol. The number of rotatable bonds is 5. The molecule has 0 aliphatic carbocycles. The Bertz CT molecular complexity index is 755. The molecule has 0 radical (unpaired) electrons. The van der Waals surface area contributed by atoms with E-state index in [-0.39, 0.29) is 0 Å². The highest BCUT2D eigenvalue weighted by Gasteiger charge is 2.36. The number of para-hydroxylation sites is 1. The van der Waals surface area contributed by atoms with Crippen molar-refractivity contribution in [3.8, 4) is 6.07 Å². The van der Waals surface area contributed by atoms with Gasteiger partial charge in [-0.1, -0.05) is 18.2 Å². The molecule has 24 heavy (non-hydrogen) atoms. The quantitative estimate of drug-likeness (QED) is 0.776. The number of nitrogens with zero attached hydrogens (tertiary/aromatic N) is 3. The lowest BCUT2D eigenvalue weighted by molar-refractivity contribution is 0.100. The van der Waals surface area contributed by atoms with Crippen LogP contribution in [-0.4, -0.2) is 28.8 Å². The normalized spacial score (nSPS) is 16.3. The summed E-state index contributed by atoms with van der Waals surface area (Å²) in [5.41, 5.74) is 6.27. The molecule has 0 bridgehead atoms. The minimum absolute atomic E-state index is 0.328. The van der Waals surface area contributed by atoms with Crippen molar-refractivity contribution < 1.29 is 4.79 Å². The molecule has 2 aromatic rings. The third-order valence-electron chi connectivity index (χ3n) is 4.44. The molecule has 0 saturated carbocycles. The zero-order valence-corrected chi connectivity index (χ0v) is 13.3. The highest BCUT2D eigenvalue weighted by molar-refractivity contribution is 5.98. The van der Waals surface area contributed by atoms with Gasteiger partial charge in [-0.3, -0.25) is 9.48 Å². The van der Waals surface area contributed by atoms with Crippen LogP contribution in [0.5, 0.6) is 0 Å². The number of nitriles is 1. The van der Waals surface area contributed by atoms with Gasteiger partial charge in [-0.2, -0.15) is 10.4 Å². The van der Waals surface area contributed by atoms with E-state index in [1.54, 1.807) is 10.9 Å². The van der Waals surface area contributed by atoms with Gasteiger partial charge in [0.1, 0.15) is 5.56 Å². The van der Waals surface area contributed by atoms with Gasteiger partial charge in [0.15, 0.2) is 5.82 Å². The third kappa shape index (κ3) is 3.09. The number of nitrogens with two attached hydrogens (primary N) is 1. The topological polar surface area (TPSA) is 109 Å². The molecular formula is C17H20N6O. The SMILES string of the molecule is N#CCC1(n2cc(C(N)=O)c(Nc3ccccc3)n2)CCNCC1. The van der Waals surface area contributed by atoms with Crippen LogP contribution in [0.15, 0.2) is 36.5 Å². The fourth-order valence-corrected chi connectivity index (χ4v) is 3.07. The first-order chi connectivity index (χ1) is 11.6. The molecule has 7 heteroatoms. The molecule has 0 unspecified atom stereocenters. The summed E-state index contributed by atoms with van der Waals surface area (Å²) >= 11 is 0. The van der Waals surface area contributed by atoms with E-state index in [4.69, 9.17) is 5.73 Å². The van der Waals surface area contributed by atoms with Crippen molar-refractivity contribution in [3.05, 3.63) is 42.1 Å². The van der Waals surface area contributed by atoms with Crippen molar-refractivity contribution >= 4 is 17.4 Å². The number of amides is 1. The van der Waals surface area contributed by atoms with E-state index in [0.717, 1.165) is 31.6 Å². The molecular weight excluding hydrogens is 304 g/mol. The van der Waals surface area contributed by atoms with Crippen LogP contribution in [0.4, 0.5) is 11.5 Å². The Hall–Kier alpha value is -2.85. The lowest BCUT2D eigenvalue weighted by atomic mass is 9.86. The second kappa shape index (κ2) is 6.72. The standard InChI is InChI=1S/C17H20N6O/c18-9-6-17(7-10-20-11-8-17)23-12-14(15(19)24)16(22-23)21-13-4-2-1-3-5-13/h1-5,12,20H,6-8,10-11H2,(H2,19,24)(H,21,22). The fraction of sp³-hybridized carbons (Fsp3) is 0.353. The number of piperidine rings is 1. The Morgan fingerprint density at radius 2 is 2.08 bits per heavy atom. The van der Waals surface area contributed by atoms with Crippen LogP contribution >= 0.6 is 0 Å². The summed E-state index contributed by atoms with van der Waals surface area (Å²) in [6.45, 7) is 1.63. The van der Waals surface area contributed by atoms with Crippen molar-refractivity contribution in [1.82, 2.24) is 15.1 Å². The predicted molar refractivity (Wildman–Crippen MR) is 90.8 cm³/mol. The maximum Gasteiger partial charge on any atom is 0.254 e. The highest BCUT2D eigenvalue weighted by Crippen LogP contribution is 2.32. The number of hydrogen-bond acceptors (Lipinski definition) is 5. The van der Waals surface area contributed by atoms with Crippen LogP contribution in [0.25, 0.3) is 0 Å². The minimum atomic E-state index is -0.541. The van der Waals surface area contributed by atoms with Gasteiger partial charge in [0.25, 0.3) is 5.91 Å². The molecule has 1 aromatic carbocycles.